The molecule has 1 amide bonds. The Bertz CT molecular complexity index is 741. The van der Waals surface area contributed by atoms with Gasteiger partial charge in [0.1, 0.15) is 0 Å². The minimum absolute atomic E-state index is 0.0471. The predicted octanol–water partition coefficient (Wildman–Crippen LogP) is 2.65. The molecular formula is C20H24BrN3O2. The summed E-state index contributed by atoms with van der Waals surface area (Å²) in [6, 6.07) is 12.0. The van der Waals surface area contributed by atoms with Gasteiger partial charge in [0.15, 0.2) is 0 Å². The Morgan fingerprint density at radius 1 is 1.38 bits per heavy atom. The topological polar surface area (TPSA) is 56.7 Å². The maximum absolute atomic E-state index is 12.9. The Morgan fingerprint density at radius 3 is 2.81 bits per heavy atom. The molecule has 1 aliphatic rings. The van der Waals surface area contributed by atoms with Crippen molar-refractivity contribution >= 4 is 21.8 Å². The zero-order chi connectivity index (χ0) is 18.5. The standard InChI is InChI=1S/C20H24BrN3O2/c1-23(20(26)10-15-9-17(21)12-22-11-15)19(16-5-3-2-4-6-16)14-24-8-7-18(25)13-24/h2-6,9,11-12,18-19,25H,7-8,10,13-14H2,1H3/t18-,19-/m1/s1. The number of carbonyl (C=O) groups is 1. The Morgan fingerprint density at radius 2 is 2.15 bits per heavy atom. The molecular weight excluding hydrogens is 394 g/mol. The Kier molecular flexibility index (Phi) is 6.40. The highest BCUT2D eigenvalue weighted by molar-refractivity contribution is 9.10. The number of β-amino-alcohol motifs (C(OH)–C–C–N with tert-alkyl or cyclic N) is 1. The first-order valence-electron chi connectivity index (χ1n) is 8.83. The van der Waals surface area contributed by atoms with Crippen LogP contribution in [-0.4, -0.2) is 58.6 Å². The maximum atomic E-state index is 12.9. The number of hydrogen-bond donors (Lipinski definition) is 1. The second-order valence-corrected chi connectivity index (χ2v) is 7.74. The zero-order valence-electron chi connectivity index (χ0n) is 14.9. The summed E-state index contributed by atoms with van der Waals surface area (Å²) in [6.07, 6.45) is 4.28. The van der Waals surface area contributed by atoms with E-state index >= 15 is 0 Å². The molecule has 1 N–H and O–H groups in total. The molecule has 1 aromatic heterocycles. The molecule has 2 atom stereocenters. The van der Waals surface area contributed by atoms with E-state index in [2.05, 4.69) is 37.9 Å². The molecule has 0 radical (unpaired) electrons. The molecule has 2 aromatic rings. The lowest BCUT2D eigenvalue weighted by Crippen LogP contribution is -2.39. The van der Waals surface area contributed by atoms with Gasteiger partial charge in [0.2, 0.25) is 5.91 Å². The smallest absolute Gasteiger partial charge is 0.227 e. The number of aliphatic hydroxyl groups is 1. The van der Waals surface area contributed by atoms with Crippen LogP contribution in [0.5, 0.6) is 0 Å². The highest BCUT2D eigenvalue weighted by Gasteiger charge is 2.28. The van der Waals surface area contributed by atoms with Gasteiger partial charge >= 0.3 is 0 Å². The fraction of sp³-hybridized carbons (Fsp3) is 0.400. The third-order valence-electron chi connectivity index (χ3n) is 4.84. The normalized spacial score (nSPS) is 18.7. The minimum Gasteiger partial charge on any atom is -0.392 e. The first-order chi connectivity index (χ1) is 12.5. The van der Waals surface area contributed by atoms with E-state index < -0.39 is 0 Å². The molecule has 0 saturated carbocycles. The van der Waals surface area contributed by atoms with Gasteiger partial charge in [-0.05, 0) is 39.5 Å². The van der Waals surface area contributed by atoms with Crippen molar-refractivity contribution < 1.29 is 9.90 Å². The maximum Gasteiger partial charge on any atom is 0.227 e. The fourth-order valence-corrected chi connectivity index (χ4v) is 3.79. The number of halogens is 1. The number of aromatic nitrogens is 1. The SMILES string of the molecule is CN(C(=O)Cc1cncc(Br)c1)[C@H](CN1CC[C@@H](O)C1)c1ccccc1. The second kappa shape index (κ2) is 8.75. The summed E-state index contributed by atoms with van der Waals surface area (Å²) in [5, 5.41) is 9.82. The first kappa shape index (κ1) is 19.0. The number of nitrogens with zero attached hydrogens (tertiary/aromatic N) is 3. The van der Waals surface area contributed by atoms with Crippen LogP contribution >= 0.6 is 15.9 Å². The van der Waals surface area contributed by atoms with E-state index in [1.807, 2.05) is 36.2 Å². The average Bonchev–Trinajstić information content (AvgIpc) is 3.05. The van der Waals surface area contributed by atoms with Crippen LogP contribution in [0.25, 0.3) is 0 Å². The molecule has 6 heteroatoms. The fourth-order valence-electron chi connectivity index (χ4n) is 3.37. The quantitative estimate of drug-likeness (QED) is 0.784. The van der Waals surface area contributed by atoms with Crippen molar-refractivity contribution in [3.05, 3.63) is 64.4 Å². The van der Waals surface area contributed by atoms with E-state index in [0.29, 0.717) is 13.0 Å². The molecule has 1 aliphatic heterocycles. The number of benzene rings is 1. The van der Waals surface area contributed by atoms with Crippen molar-refractivity contribution in [1.29, 1.82) is 0 Å². The van der Waals surface area contributed by atoms with Crippen molar-refractivity contribution in [1.82, 2.24) is 14.8 Å². The van der Waals surface area contributed by atoms with Crippen LogP contribution in [0.2, 0.25) is 0 Å². The number of pyridine rings is 1. The van der Waals surface area contributed by atoms with Crippen LogP contribution in [0.4, 0.5) is 0 Å². The first-order valence-corrected chi connectivity index (χ1v) is 9.62. The lowest BCUT2D eigenvalue weighted by Gasteiger charge is -2.32. The predicted molar refractivity (Wildman–Crippen MR) is 105 cm³/mol. The van der Waals surface area contributed by atoms with E-state index in [1.54, 1.807) is 12.4 Å². The molecule has 3 rings (SSSR count). The van der Waals surface area contributed by atoms with Crippen LogP contribution in [0.3, 0.4) is 0 Å². The highest BCUT2D eigenvalue weighted by atomic mass is 79.9. The van der Waals surface area contributed by atoms with Crippen molar-refractivity contribution in [2.24, 2.45) is 0 Å². The van der Waals surface area contributed by atoms with E-state index in [-0.39, 0.29) is 18.1 Å². The third kappa shape index (κ3) is 4.90. The van der Waals surface area contributed by atoms with Crippen molar-refractivity contribution in [2.75, 3.05) is 26.7 Å². The molecule has 0 unspecified atom stereocenters. The Hall–Kier alpha value is -1.76. The number of amides is 1. The Balaban J connectivity index is 1.75. The molecule has 0 spiro atoms. The van der Waals surface area contributed by atoms with Crippen molar-refractivity contribution in [3.63, 3.8) is 0 Å². The molecule has 1 saturated heterocycles. The van der Waals surface area contributed by atoms with Crippen LogP contribution in [0, 0.1) is 0 Å². The molecule has 1 fully saturated rings. The zero-order valence-corrected chi connectivity index (χ0v) is 16.5. The largest absolute Gasteiger partial charge is 0.392 e. The monoisotopic (exact) mass is 417 g/mol. The van der Waals surface area contributed by atoms with Crippen LogP contribution < -0.4 is 0 Å². The molecule has 26 heavy (non-hydrogen) atoms. The average molecular weight is 418 g/mol. The van der Waals surface area contributed by atoms with Crippen molar-refractivity contribution in [2.45, 2.75) is 25.0 Å². The van der Waals surface area contributed by atoms with Gasteiger partial charge in [-0.3, -0.25) is 14.7 Å². The van der Waals surface area contributed by atoms with Crippen molar-refractivity contribution in [3.8, 4) is 0 Å². The minimum atomic E-state index is -0.264. The van der Waals surface area contributed by atoms with E-state index in [1.165, 1.54) is 0 Å². The van der Waals surface area contributed by atoms with Gasteiger partial charge in [0, 0.05) is 43.5 Å². The van der Waals surface area contributed by atoms with Gasteiger partial charge in [0.05, 0.1) is 18.6 Å². The Labute approximate surface area is 162 Å². The van der Waals surface area contributed by atoms with Gasteiger partial charge < -0.3 is 10.0 Å². The summed E-state index contributed by atoms with van der Waals surface area (Å²) in [6.45, 7) is 2.25. The lowest BCUT2D eigenvalue weighted by molar-refractivity contribution is -0.131. The van der Waals surface area contributed by atoms with E-state index in [9.17, 15) is 9.90 Å². The molecule has 0 bridgehead atoms. The number of hydrogen-bond acceptors (Lipinski definition) is 4. The van der Waals surface area contributed by atoms with E-state index in [0.717, 1.165) is 35.1 Å². The second-order valence-electron chi connectivity index (χ2n) is 6.82. The molecule has 2 heterocycles. The van der Waals surface area contributed by atoms with E-state index in [4.69, 9.17) is 0 Å². The molecule has 5 nitrogen and oxygen atoms in total. The third-order valence-corrected chi connectivity index (χ3v) is 5.27. The molecule has 1 aromatic carbocycles. The summed E-state index contributed by atoms with van der Waals surface area (Å²) in [5.74, 6) is 0.0542. The lowest BCUT2D eigenvalue weighted by atomic mass is 10.0. The number of aliphatic hydroxyl groups excluding tert-OH is 1. The van der Waals surface area contributed by atoms with Crippen LogP contribution in [0.15, 0.2) is 53.3 Å². The molecule has 0 aliphatic carbocycles. The van der Waals surface area contributed by atoms with Gasteiger partial charge in [-0.25, -0.2) is 0 Å². The summed E-state index contributed by atoms with van der Waals surface area (Å²) >= 11 is 3.40. The van der Waals surface area contributed by atoms with Gasteiger partial charge in [-0.15, -0.1) is 0 Å². The van der Waals surface area contributed by atoms with Gasteiger partial charge in [-0.2, -0.15) is 0 Å². The summed E-state index contributed by atoms with van der Waals surface area (Å²) in [7, 11) is 1.86. The summed E-state index contributed by atoms with van der Waals surface area (Å²) in [5.41, 5.74) is 2.00. The number of carbonyl (C=O) groups excluding carboxylic acids is 1. The highest BCUT2D eigenvalue weighted by Crippen LogP contribution is 2.24. The summed E-state index contributed by atoms with van der Waals surface area (Å²) < 4.78 is 0.871. The van der Waals surface area contributed by atoms with Gasteiger partial charge in [-0.1, -0.05) is 30.3 Å². The number of likely N-dealkylation sites (N-methyl/N-ethyl adjacent to an activating group) is 1. The van der Waals surface area contributed by atoms with Crippen LogP contribution in [0.1, 0.15) is 23.6 Å². The van der Waals surface area contributed by atoms with Crippen LogP contribution in [-0.2, 0) is 11.2 Å². The number of rotatable bonds is 6. The summed E-state index contributed by atoms with van der Waals surface area (Å²) in [4.78, 5) is 21.1. The number of likely N-dealkylation sites (tertiary alicyclic amines) is 1. The molecule has 138 valence electrons. The van der Waals surface area contributed by atoms with Gasteiger partial charge in [0.25, 0.3) is 0 Å².